The van der Waals surface area contributed by atoms with Crippen LogP contribution in [0.15, 0.2) is 42.5 Å². The molecule has 0 aromatic heterocycles. The summed E-state index contributed by atoms with van der Waals surface area (Å²) in [6.45, 7) is 5.60. The van der Waals surface area contributed by atoms with Crippen molar-refractivity contribution in [1.29, 1.82) is 5.26 Å². The first-order valence-electron chi connectivity index (χ1n) is 6.58. The molecule has 0 fully saturated rings. The fraction of sp³-hybridized carbons (Fsp3) is 0.353. The quantitative estimate of drug-likeness (QED) is 0.827. The summed E-state index contributed by atoms with van der Waals surface area (Å²) < 4.78 is 0. The van der Waals surface area contributed by atoms with E-state index in [1.54, 1.807) is 0 Å². The molecular formula is C17H20N2. The van der Waals surface area contributed by atoms with Gasteiger partial charge in [0, 0.05) is 13.1 Å². The van der Waals surface area contributed by atoms with Gasteiger partial charge in [-0.15, -0.1) is 0 Å². The molecule has 0 aliphatic heterocycles. The first-order chi connectivity index (χ1) is 9.02. The number of nitrogens with zero attached hydrogens (tertiary/aromatic N) is 2. The van der Waals surface area contributed by atoms with Gasteiger partial charge in [0.25, 0.3) is 0 Å². The van der Waals surface area contributed by atoms with Gasteiger partial charge in [0.05, 0.1) is 11.5 Å². The Labute approximate surface area is 115 Å². The molecule has 0 unspecified atom stereocenters. The Morgan fingerprint density at radius 1 is 1.11 bits per heavy atom. The van der Waals surface area contributed by atoms with Crippen LogP contribution < -0.4 is 0 Å². The monoisotopic (exact) mass is 252 g/mol. The molecule has 2 aromatic rings. The number of nitriles is 1. The van der Waals surface area contributed by atoms with Crippen molar-refractivity contribution in [2.24, 2.45) is 5.41 Å². The highest BCUT2D eigenvalue weighted by atomic mass is 15.1. The van der Waals surface area contributed by atoms with Gasteiger partial charge in [-0.2, -0.15) is 5.26 Å². The van der Waals surface area contributed by atoms with E-state index >= 15 is 0 Å². The Morgan fingerprint density at radius 3 is 2.53 bits per heavy atom. The second-order valence-corrected chi connectivity index (χ2v) is 5.81. The van der Waals surface area contributed by atoms with E-state index < -0.39 is 0 Å². The normalized spacial score (nSPS) is 11.7. The van der Waals surface area contributed by atoms with Crippen LogP contribution in [-0.4, -0.2) is 18.5 Å². The standard InChI is InChI=1S/C17H20N2/c1-17(2,12-18)13-19(3)11-15-9-6-8-14-7-4-5-10-16(14)15/h4-10H,11,13H2,1-3H3. The summed E-state index contributed by atoms with van der Waals surface area (Å²) in [7, 11) is 2.07. The summed E-state index contributed by atoms with van der Waals surface area (Å²) >= 11 is 0. The lowest BCUT2D eigenvalue weighted by Gasteiger charge is -2.24. The number of benzene rings is 2. The smallest absolute Gasteiger partial charge is 0.0697 e. The maximum absolute atomic E-state index is 9.10. The van der Waals surface area contributed by atoms with Gasteiger partial charge in [-0.25, -0.2) is 0 Å². The molecule has 0 spiro atoms. The van der Waals surface area contributed by atoms with E-state index in [0.717, 1.165) is 13.1 Å². The first-order valence-corrected chi connectivity index (χ1v) is 6.58. The minimum atomic E-state index is -0.306. The minimum absolute atomic E-state index is 0.306. The molecule has 2 aromatic carbocycles. The Morgan fingerprint density at radius 2 is 1.79 bits per heavy atom. The van der Waals surface area contributed by atoms with Crippen LogP contribution in [0.4, 0.5) is 0 Å². The third-order valence-electron chi connectivity index (χ3n) is 3.29. The summed E-state index contributed by atoms with van der Waals surface area (Å²) in [6, 6.07) is 17.2. The molecule has 0 radical (unpaired) electrons. The van der Waals surface area contributed by atoms with Gasteiger partial charge in [-0.05, 0) is 37.2 Å². The topological polar surface area (TPSA) is 27.0 Å². The van der Waals surface area contributed by atoms with Crippen molar-refractivity contribution >= 4 is 10.8 Å². The largest absolute Gasteiger partial charge is 0.301 e. The molecule has 2 heteroatoms. The summed E-state index contributed by atoms with van der Waals surface area (Å²) in [5.74, 6) is 0. The highest BCUT2D eigenvalue weighted by Gasteiger charge is 2.19. The fourth-order valence-corrected chi connectivity index (χ4v) is 2.49. The van der Waals surface area contributed by atoms with E-state index in [1.807, 2.05) is 13.8 Å². The molecule has 98 valence electrons. The Hall–Kier alpha value is -1.85. The van der Waals surface area contributed by atoms with E-state index in [9.17, 15) is 0 Å². The summed E-state index contributed by atoms with van der Waals surface area (Å²) in [5, 5.41) is 11.7. The second kappa shape index (κ2) is 5.42. The van der Waals surface area contributed by atoms with Crippen LogP contribution in [0.3, 0.4) is 0 Å². The SMILES string of the molecule is CN(Cc1cccc2ccccc12)CC(C)(C)C#N. The van der Waals surface area contributed by atoms with Crippen LogP contribution in [0.2, 0.25) is 0 Å². The maximum atomic E-state index is 9.10. The summed E-state index contributed by atoms with van der Waals surface area (Å²) in [5.41, 5.74) is 1.01. The van der Waals surface area contributed by atoms with Gasteiger partial charge in [-0.3, -0.25) is 0 Å². The number of hydrogen-bond donors (Lipinski definition) is 0. The number of fused-ring (bicyclic) bond motifs is 1. The van der Waals surface area contributed by atoms with Gasteiger partial charge < -0.3 is 4.90 Å². The van der Waals surface area contributed by atoms with Crippen molar-refractivity contribution in [3.05, 3.63) is 48.0 Å². The third-order valence-corrected chi connectivity index (χ3v) is 3.29. The number of hydrogen-bond acceptors (Lipinski definition) is 2. The highest BCUT2D eigenvalue weighted by Crippen LogP contribution is 2.21. The van der Waals surface area contributed by atoms with Crippen molar-refractivity contribution in [2.75, 3.05) is 13.6 Å². The van der Waals surface area contributed by atoms with E-state index in [-0.39, 0.29) is 5.41 Å². The molecule has 0 atom stereocenters. The molecule has 2 rings (SSSR count). The molecular weight excluding hydrogens is 232 g/mol. The Kier molecular flexibility index (Phi) is 3.87. The number of rotatable bonds is 4. The van der Waals surface area contributed by atoms with Crippen molar-refractivity contribution < 1.29 is 0 Å². The summed E-state index contributed by atoms with van der Waals surface area (Å²) in [4.78, 5) is 2.21. The molecule has 0 aliphatic carbocycles. The molecule has 0 saturated carbocycles. The Balaban J connectivity index is 2.20. The zero-order valence-corrected chi connectivity index (χ0v) is 11.9. The zero-order chi connectivity index (χ0) is 13.9. The van der Waals surface area contributed by atoms with Crippen LogP contribution in [0.1, 0.15) is 19.4 Å². The second-order valence-electron chi connectivity index (χ2n) is 5.81. The molecule has 0 N–H and O–H groups in total. The van der Waals surface area contributed by atoms with Gasteiger partial charge >= 0.3 is 0 Å². The average Bonchev–Trinajstić information content (AvgIpc) is 2.38. The third kappa shape index (κ3) is 3.33. The van der Waals surface area contributed by atoms with Crippen LogP contribution >= 0.6 is 0 Å². The van der Waals surface area contributed by atoms with E-state index in [0.29, 0.717) is 0 Å². The summed E-state index contributed by atoms with van der Waals surface area (Å²) in [6.07, 6.45) is 0. The predicted octanol–water partition coefficient (Wildman–Crippen LogP) is 3.82. The molecule has 0 amide bonds. The molecule has 0 bridgehead atoms. The van der Waals surface area contributed by atoms with Crippen molar-refractivity contribution in [2.45, 2.75) is 20.4 Å². The predicted molar refractivity (Wildman–Crippen MR) is 79.7 cm³/mol. The van der Waals surface area contributed by atoms with Crippen LogP contribution in [-0.2, 0) is 6.54 Å². The average molecular weight is 252 g/mol. The highest BCUT2D eigenvalue weighted by molar-refractivity contribution is 5.85. The van der Waals surface area contributed by atoms with Crippen LogP contribution in [0.5, 0.6) is 0 Å². The van der Waals surface area contributed by atoms with Crippen molar-refractivity contribution in [3.63, 3.8) is 0 Å². The minimum Gasteiger partial charge on any atom is -0.301 e. The van der Waals surface area contributed by atoms with Crippen LogP contribution in [0, 0.1) is 16.7 Å². The fourth-order valence-electron chi connectivity index (χ4n) is 2.49. The molecule has 0 saturated heterocycles. The van der Waals surface area contributed by atoms with Crippen molar-refractivity contribution in [3.8, 4) is 6.07 Å². The molecule has 2 nitrogen and oxygen atoms in total. The van der Waals surface area contributed by atoms with Crippen molar-refractivity contribution in [1.82, 2.24) is 4.90 Å². The lowest BCUT2D eigenvalue weighted by Crippen LogP contribution is -2.30. The lowest BCUT2D eigenvalue weighted by atomic mass is 9.95. The van der Waals surface area contributed by atoms with E-state index in [1.165, 1.54) is 16.3 Å². The van der Waals surface area contributed by atoms with Gasteiger partial charge in [0.1, 0.15) is 0 Å². The van der Waals surface area contributed by atoms with Gasteiger partial charge in [-0.1, -0.05) is 42.5 Å². The lowest BCUT2D eigenvalue weighted by molar-refractivity contribution is 0.249. The first kappa shape index (κ1) is 13.6. The molecule has 0 aliphatic rings. The molecule has 19 heavy (non-hydrogen) atoms. The Bertz CT molecular complexity index is 603. The van der Waals surface area contributed by atoms with E-state index in [4.69, 9.17) is 5.26 Å². The maximum Gasteiger partial charge on any atom is 0.0697 e. The molecule has 0 heterocycles. The van der Waals surface area contributed by atoms with Gasteiger partial charge in [0.15, 0.2) is 0 Å². The van der Waals surface area contributed by atoms with Gasteiger partial charge in [0.2, 0.25) is 0 Å². The van der Waals surface area contributed by atoms with Crippen LogP contribution in [0.25, 0.3) is 10.8 Å². The van der Waals surface area contributed by atoms with E-state index in [2.05, 4.69) is 60.5 Å². The zero-order valence-electron chi connectivity index (χ0n) is 11.9.